The van der Waals surface area contributed by atoms with Gasteiger partial charge in [0.15, 0.2) is 0 Å². The second-order valence-corrected chi connectivity index (χ2v) is 5.76. The maximum absolute atomic E-state index is 12.4. The van der Waals surface area contributed by atoms with Gasteiger partial charge in [0.25, 0.3) is 0 Å². The summed E-state index contributed by atoms with van der Waals surface area (Å²) in [6.07, 6.45) is 1.86. The van der Waals surface area contributed by atoms with E-state index in [2.05, 4.69) is 5.32 Å². The Labute approximate surface area is 135 Å². The summed E-state index contributed by atoms with van der Waals surface area (Å²) in [5.74, 6) is -0.594. The first kappa shape index (κ1) is 17.0. The van der Waals surface area contributed by atoms with Crippen molar-refractivity contribution in [1.82, 2.24) is 4.90 Å². The number of nitrogens with one attached hydrogen (secondary N) is 1. The maximum atomic E-state index is 12.4. The third kappa shape index (κ3) is 4.81. The lowest BCUT2D eigenvalue weighted by Crippen LogP contribution is -2.43. The second kappa shape index (κ2) is 7.76. The number of ether oxygens (including phenoxy) is 1. The fraction of sp³-hybridized carbons (Fsp3) is 0.471. The summed E-state index contributed by atoms with van der Waals surface area (Å²) in [5, 5.41) is 2.69. The standard InChI is InChI=1S/C17H22N2O4/c1-12(20)18-15-7-5-13(6-8-15)10-16(21)19-9-3-4-14(11-19)17(22)23-2/h5-8,14H,3-4,9-11H2,1-2H3,(H,18,20). The highest BCUT2D eigenvalue weighted by molar-refractivity contribution is 5.88. The number of methoxy groups -OCH3 is 1. The number of rotatable bonds is 4. The van der Waals surface area contributed by atoms with E-state index in [1.165, 1.54) is 14.0 Å². The summed E-state index contributed by atoms with van der Waals surface area (Å²) in [5.41, 5.74) is 1.58. The molecule has 1 saturated heterocycles. The minimum atomic E-state index is -0.248. The number of amides is 2. The smallest absolute Gasteiger partial charge is 0.310 e. The fourth-order valence-corrected chi connectivity index (χ4v) is 2.76. The number of carbonyl (C=O) groups is 3. The number of hydrogen-bond acceptors (Lipinski definition) is 4. The molecule has 0 spiro atoms. The van der Waals surface area contributed by atoms with Gasteiger partial charge < -0.3 is 15.0 Å². The molecular formula is C17H22N2O4. The molecule has 1 aliphatic heterocycles. The molecule has 1 aromatic rings. The highest BCUT2D eigenvalue weighted by atomic mass is 16.5. The first-order valence-electron chi connectivity index (χ1n) is 7.71. The van der Waals surface area contributed by atoms with Crippen molar-refractivity contribution in [3.63, 3.8) is 0 Å². The van der Waals surface area contributed by atoms with Crippen LogP contribution in [0.2, 0.25) is 0 Å². The molecule has 1 N–H and O–H groups in total. The lowest BCUT2D eigenvalue weighted by atomic mass is 9.97. The van der Waals surface area contributed by atoms with Gasteiger partial charge in [0.2, 0.25) is 11.8 Å². The molecule has 124 valence electrons. The number of anilines is 1. The molecular weight excluding hydrogens is 296 g/mol. The van der Waals surface area contributed by atoms with Crippen molar-refractivity contribution >= 4 is 23.5 Å². The molecule has 2 rings (SSSR count). The van der Waals surface area contributed by atoms with Gasteiger partial charge in [-0.15, -0.1) is 0 Å². The Kier molecular flexibility index (Phi) is 5.73. The van der Waals surface area contributed by atoms with Gasteiger partial charge in [-0.25, -0.2) is 0 Å². The van der Waals surface area contributed by atoms with E-state index in [-0.39, 0.29) is 30.1 Å². The molecule has 1 fully saturated rings. The summed E-state index contributed by atoms with van der Waals surface area (Å²) in [6, 6.07) is 7.20. The van der Waals surface area contributed by atoms with Crippen LogP contribution in [0.4, 0.5) is 5.69 Å². The van der Waals surface area contributed by atoms with E-state index < -0.39 is 0 Å². The molecule has 23 heavy (non-hydrogen) atoms. The average molecular weight is 318 g/mol. The molecule has 6 nitrogen and oxygen atoms in total. The van der Waals surface area contributed by atoms with Crippen LogP contribution in [0.1, 0.15) is 25.3 Å². The van der Waals surface area contributed by atoms with E-state index in [1.54, 1.807) is 17.0 Å². The molecule has 1 unspecified atom stereocenters. The van der Waals surface area contributed by atoms with Gasteiger partial charge in [-0.1, -0.05) is 12.1 Å². The Bertz CT molecular complexity index is 583. The average Bonchev–Trinajstić information content (AvgIpc) is 2.55. The summed E-state index contributed by atoms with van der Waals surface area (Å²) >= 11 is 0. The fourth-order valence-electron chi connectivity index (χ4n) is 2.76. The van der Waals surface area contributed by atoms with E-state index in [0.29, 0.717) is 18.8 Å². The van der Waals surface area contributed by atoms with E-state index >= 15 is 0 Å². The first-order chi connectivity index (χ1) is 11.0. The maximum Gasteiger partial charge on any atom is 0.310 e. The van der Waals surface area contributed by atoms with Crippen LogP contribution in [0.25, 0.3) is 0 Å². The van der Waals surface area contributed by atoms with Gasteiger partial charge in [0.1, 0.15) is 0 Å². The molecule has 0 aromatic heterocycles. The molecule has 0 radical (unpaired) electrons. The van der Waals surface area contributed by atoms with Gasteiger partial charge in [-0.3, -0.25) is 14.4 Å². The molecule has 0 bridgehead atoms. The Morgan fingerprint density at radius 1 is 1.26 bits per heavy atom. The van der Waals surface area contributed by atoms with Crippen molar-refractivity contribution in [3.05, 3.63) is 29.8 Å². The van der Waals surface area contributed by atoms with Gasteiger partial charge in [-0.2, -0.15) is 0 Å². The predicted octanol–water partition coefficient (Wildman–Crippen LogP) is 1.60. The van der Waals surface area contributed by atoms with Crippen LogP contribution in [0.15, 0.2) is 24.3 Å². The lowest BCUT2D eigenvalue weighted by Gasteiger charge is -2.31. The van der Waals surface area contributed by atoms with Crippen molar-refractivity contribution in [2.45, 2.75) is 26.2 Å². The number of esters is 1. The molecule has 2 amide bonds. The molecule has 1 aromatic carbocycles. The van der Waals surface area contributed by atoms with Gasteiger partial charge in [0.05, 0.1) is 19.4 Å². The predicted molar refractivity (Wildman–Crippen MR) is 85.8 cm³/mol. The highest BCUT2D eigenvalue weighted by Crippen LogP contribution is 2.19. The molecule has 0 aliphatic carbocycles. The SMILES string of the molecule is COC(=O)C1CCCN(C(=O)Cc2ccc(NC(C)=O)cc2)C1. The monoisotopic (exact) mass is 318 g/mol. The largest absolute Gasteiger partial charge is 0.469 e. The van der Waals surface area contributed by atoms with Crippen molar-refractivity contribution < 1.29 is 19.1 Å². The second-order valence-electron chi connectivity index (χ2n) is 5.76. The molecule has 1 aliphatic rings. The highest BCUT2D eigenvalue weighted by Gasteiger charge is 2.28. The quantitative estimate of drug-likeness (QED) is 0.856. The number of likely N-dealkylation sites (tertiary alicyclic amines) is 1. The number of hydrogen-bond donors (Lipinski definition) is 1. The Morgan fingerprint density at radius 3 is 2.57 bits per heavy atom. The minimum Gasteiger partial charge on any atom is -0.469 e. The summed E-state index contributed by atoms with van der Waals surface area (Å²) in [7, 11) is 1.37. The van der Waals surface area contributed by atoms with Crippen molar-refractivity contribution in [1.29, 1.82) is 0 Å². The van der Waals surface area contributed by atoms with Crippen LogP contribution >= 0.6 is 0 Å². The minimum absolute atomic E-state index is 0.00544. The van der Waals surface area contributed by atoms with Gasteiger partial charge in [-0.05, 0) is 30.5 Å². The van der Waals surface area contributed by atoms with Crippen LogP contribution in [0.3, 0.4) is 0 Å². The van der Waals surface area contributed by atoms with Crippen LogP contribution in [-0.4, -0.2) is 42.9 Å². The zero-order chi connectivity index (χ0) is 16.8. The molecule has 1 atom stereocenters. The topological polar surface area (TPSA) is 75.7 Å². The third-order valence-electron chi connectivity index (χ3n) is 3.94. The van der Waals surface area contributed by atoms with E-state index in [4.69, 9.17) is 4.74 Å². The Morgan fingerprint density at radius 2 is 1.96 bits per heavy atom. The van der Waals surface area contributed by atoms with Gasteiger partial charge in [0, 0.05) is 25.7 Å². The van der Waals surface area contributed by atoms with Crippen LogP contribution in [-0.2, 0) is 25.5 Å². The van der Waals surface area contributed by atoms with Crippen LogP contribution in [0.5, 0.6) is 0 Å². The van der Waals surface area contributed by atoms with Crippen molar-refractivity contribution in [2.24, 2.45) is 5.92 Å². The summed E-state index contributed by atoms with van der Waals surface area (Å²) < 4.78 is 4.77. The molecule has 6 heteroatoms. The van der Waals surface area contributed by atoms with Crippen LogP contribution in [0, 0.1) is 5.92 Å². The summed E-state index contributed by atoms with van der Waals surface area (Å²) in [4.78, 5) is 36.7. The summed E-state index contributed by atoms with van der Waals surface area (Å²) in [6.45, 7) is 2.55. The Balaban J connectivity index is 1.93. The Hall–Kier alpha value is -2.37. The number of nitrogens with zero attached hydrogens (tertiary/aromatic N) is 1. The third-order valence-corrected chi connectivity index (χ3v) is 3.94. The van der Waals surface area contributed by atoms with E-state index in [9.17, 15) is 14.4 Å². The van der Waals surface area contributed by atoms with Crippen LogP contribution < -0.4 is 5.32 Å². The van der Waals surface area contributed by atoms with E-state index in [0.717, 1.165) is 18.4 Å². The molecule has 1 heterocycles. The number of piperidine rings is 1. The normalized spacial score (nSPS) is 17.5. The lowest BCUT2D eigenvalue weighted by molar-refractivity contribution is -0.148. The van der Waals surface area contributed by atoms with E-state index in [1.807, 2.05) is 12.1 Å². The number of benzene rings is 1. The molecule has 0 saturated carbocycles. The zero-order valence-corrected chi connectivity index (χ0v) is 13.5. The first-order valence-corrected chi connectivity index (χ1v) is 7.71. The van der Waals surface area contributed by atoms with Crippen molar-refractivity contribution in [2.75, 3.05) is 25.5 Å². The van der Waals surface area contributed by atoms with Crippen molar-refractivity contribution in [3.8, 4) is 0 Å². The zero-order valence-electron chi connectivity index (χ0n) is 13.5. The van der Waals surface area contributed by atoms with Gasteiger partial charge >= 0.3 is 5.97 Å². The number of carbonyl (C=O) groups excluding carboxylic acids is 3.